The average molecular weight is 262 g/mol. The third kappa shape index (κ3) is 5.78. The van der Waals surface area contributed by atoms with Gasteiger partial charge in [0.1, 0.15) is 0 Å². The molecule has 1 aromatic carbocycles. The Hall–Kier alpha value is -0.820. The fourth-order valence-electron chi connectivity index (χ4n) is 3.17. The van der Waals surface area contributed by atoms with Crippen LogP contribution in [0.15, 0.2) is 30.3 Å². The summed E-state index contributed by atoms with van der Waals surface area (Å²) in [6, 6.07) is 10.6. The van der Waals surface area contributed by atoms with Crippen molar-refractivity contribution in [2.75, 3.05) is 0 Å². The molecule has 1 aromatic rings. The second kappa shape index (κ2) is 6.56. The van der Waals surface area contributed by atoms with Gasteiger partial charge in [-0.1, -0.05) is 57.5 Å². The number of benzene rings is 1. The van der Waals surface area contributed by atoms with Gasteiger partial charge in [0.05, 0.1) is 5.60 Å². The number of rotatable bonds is 6. The summed E-state index contributed by atoms with van der Waals surface area (Å²) in [6.07, 6.45) is 4.62. The first-order valence-corrected chi connectivity index (χ1v) is 7.47. The molecule has 0 saturated heterocycles. The predicted octanol–water partition coefficient (Wildman–Crippen LogP) is 4.83. The molecule has 0 aromatic heterocycles. The van der Waals surface area contributed by atoms with Crippen LogP contribution in [0, 0.1) is 11.3 Å². The molecule has 0 aliphatic rings. The van der Waals surface area contributed by atoms with Gasteiger partial charge < -0.3 is 5.11 Å². The first kappa shape index (κ1) is 16.2. The molecule has 108 valence electrons. The van der Waals surface area contributed by atoms with Crippen molar-refractivity contribution in [3.63, 3.8) is 0 Å². The minimum absolute atomic E-state index is 0.158. The molecule has 0 amide bonds. The molecule has 1 nitrogen and oxygen atoms in total. The molecule has 0 aliphatic heterocycles. The number of hydrogen-bond donors (Lipinski definition) is 1. The van der Waals surface area contributed by atoms with E-state index in [0.29, 0.717) is 5.92 Å². The molecule has 0 fully saturated rings. The van der Waals surface area contributed by atoms with Crippen molar-refractivity contribution < 1.29 is 5.11 Å². The quantitative estimate of drug-likeness (QED) is 0.728. The van der Waals surface area contributed by atoms with Gasteiger partial charge in [0, 0.05) is 0 Å². The standard InChI is InChI=1S/C18H30O/c1-17(2,3)16(18(4,5)19)14-10-9-13-15-11-7-6-8-12-15/h6-8,11-12,16,19H,9-10,13-14H2,1-5H3. The molecule has 0 spiro atoms. The van der Waals surface area contributed by atoms with E-state index >= 15 is 0 Å². The first-order valence-electron chi connectivity index (χ1n) is 7.47. The van der Waals surface area contributed by atoms with Crippen molar-refractivity contribution in [3.8, 4) is 0 Å². The van der Waals surface area contributed by atoms with Gasteiger partial charge in [-0.25, -0.2) is 0 Å². The Morgan fingerprint density at radius 1 is 0.947 bits per heavy atom. The van der Waals surface area contributed by atoms with Crippen molar-refractivity contribution >= 4 is 0 Å². The normalized spacial score (nSPS) is 14.4. The summed E-state index contributed by atoms with van der Waals surface area (Å²) >= 11 is 0. The van der Waals surface area contributed by atoms with E-state index in [1.807, 2.05) is 13.8 Å². The summed E-state index contributed by atoms with van der Waals surface area (Å²) in [7, 11) is 0. The Morgan fingerprint density at radius 2 is 1.53 bits per heavy atom. The van der Waals surface area contributed by atoms with Crippen LogP contribution in [0.25, 0.3) is 0 Å². The molecule has 1 N–H and O–H groups in total. The van der Waals surface area contributed by atoms with Crippen LogP contribution in [0.2, 0.25) is 0 Å². The minimum Gasteiger partial charge on any atom is -0.390 e. The van der Waals surface area contributed by atoms with E-state index in [9.17, 15) is 5.11 Å². The summed E-state index contributed by atoms with van der Waals surface area (Å²) in [4.78, 5) is 0. The van der Waals surface area contributed by atoms with Crippen molar-refractivity contribution in [1.82, 2.24) is 0 Å². The maximum atomic E-state index is 10.3. The van der Waals surface area contributed by atoms with Crippen LogP contribution < -0.4 is 0 Å². The van der Waals surface area contributed by atoms with Gasteiger partial charge in [-0.2, -0.15) is 0 Å². The number of aliphatic hydroxyl groups is 1. The molecule has 1 unspecified atom stereocenters. The summed E-state index contributed by atoms with van der Waals surface area (Å²) in [6.45, 7) is 10.6. The molecular weight excluding hydrogens is 232 g/mol. The highest BCUT2D eigenvalue weighted by molar-refractivity contribution is 5.14. The van der Waals surface area contributed by atoms with E-state index in [1.165, 1.54) is 18.4 Å². The van der Waals surface area contributed by atoms with Crippen LogP contribution in [-0.4, -0.2) is 10.7 Å². The maximum Gasteiger partial charge on any atom is 0.0624 e. The minimum atomic E-state index is -0.592. The third-order valence-electron chi connectivity index (χ3n) is 3.95. The van der Waals surface area contributed by atoms with Crippen molar-refractivity contribution in [2.45, 2.75) is 65.9 Å². The van der Waals surface area contributed by atoms with E-state index in [4.69, 9.17) is 0 Å². The van der Waals surface area contributed by atoms with Crippen LogP contribution >= 0.6 is 0 Å². The molecule has 0 saturated carbocycles. The molecule has 1 rings (SSSR count). The average Bonchev–Trinajstić information content (AvgIpc) is 2.26. The van der Waals surface area contributed by atoms with Gasteiger partial charge in [-0.05, 0) is 50.0 Å². The SMILES string of the molecule is CC(C)(C)C(CCCCc1ccccc1)C(C)(C)O. The monoisotopic (exact) mass is 262 g/mol. The second-order valence-electron chi connectivity index (χ2n) is 7.30. The van der Waals surface area contributed by atoms with Gasteiger partial charge in [-0.15, -0.1) is 0 Å². The summed E-state index contributed by atoms with van der Waals surface area (Å²) < 4.78 is 0. The number of unbranched alkanes of at least 4 members (excludes halogenated alkanes) is 1. The van der Waals surface area contributed by atoms with E-state index in [2.05, 4.69) is 51.1 Å². The lowest BCUT2D eigenvalue weighted by molar-refractivity contribution is -0.0376. The zero-order chi connectivity index (χ0) is 14.5. The van der Waals surface area contributed by atoms with E-state index in [1.54, 1.807) is 0 Å². The Labute approximate surface area is 119 Å². The highest BCUT2D eigenvalue weighted by Gasteiger charge is 2.35. The highest BCUT2D eigenvalue weighted by atomic mass is 16.3. The van der Waals surface area contributed by atoms with Gasteiger partial charge >= 0.3 is 0 Å². The summed E-state index contributed by atoms with van der Waals surface area (Å²) in [5.41, 5.74) is 0.980. The molecule has 0 bridgehead atoms. The third-order valence-corrected chi connectivity index (χ3v) is 3.95. The van der Waals surface area contributed by atoms with Crippen LogP contribution in [0.4, 0.5) is 0 Å². The van der Waals surface area contributed by atoms with Crippen LogP contribution in [0.5, 0.6) is 0 Å². The fraction of sp³-hybridized carbons (Fsp3) is 0.667. The topological polar surface area (TPSA) is 20.2 Å². The molecule has 0 aliphatic carbocycles. The van der Waals surface area contributed by atoms with E-state index in [0.717, 1.165) is 12.8 Å². The lowest BCUT2D eigenvalue weighted by atomic mass is 9.69. The fourth-order valence-corrected chi connectivity index (χ4v) is 3.17. The molecular formula is C18H30O. The van der Waals surface area contributed by atoms with Crippen LogP contribution in [-0.2, 0) is 6.42 Å². The lowest BCUT2D eigenvalue weighted by Crippen LogP contribution is -2.39. The Balaban J connectivity index is 2.42. The van der Waals surface area contributed by atoms with Crippen LogP contribution in [0.3, 0.4) is 0 Å². The van der Waals surface area contributed by atoms with Crippen LogP contribution in [0.1, 0.15) is 59.4 Å². The zero-order valence-corrected chi connectivity index (χ0v) is 13.2. The smallest absolute Gasteiger partial charge is 0.0624 e. The van der Waals surface area contributed by atoms with Gasteiger partial charge in [0.2, 0.25) is 0 Å². The maximum absolute atomic E-state index is 10.3. The Kier molecular flexibility index (Phi) is 5.61. The van der Waals surface area contributed by atoms with Gasteiger partial charge in [-0.3, -0.25) is 0 Å². The lowest BCUT2D eigenvalue weighted by Gasteiger charge is -2.39. The zero-order valence-electron chi connectivity index (χ0n) is 13.2. The van der Waals surface area contributed by atoms with Crippen molar-refractivity contribution in [3.05, 3.63) is 35.9 Å². The molecule has 1 heteroatoms. The number of aryl methyl sites for hydroxylation is 1. The molecule has 19 heavy (non-hydrogen) atoms. The summed E-state index contributed by atoms with van der Waals surface area (Å²) in [5.74, 6) is 0.343. The number of hydrogen-bond acceptors (Lipinski definition) is 1. The highest BCUT2D eigenvalue weighted by Crippen LogP contribution is 2.38. The second-order valence-corrected chi connectivity index (χ2v) is 7.30. The molecule has 0 heterocycles. The van der Waals surface area contributed by atoms with E-state index in [-0.39, 0.29) is 5.41 Å². The van der Waals surface area contributed by atoms with Crippen molar-refractivity contribution in [1.29, 1.82) is 0 Å². The molecule has 1 atom stereocenters. The largest absolute Gasteiger partial charge is 0.390 e. The van der Waals surface area contributed by atoms with Gasteiger partial charge in [0.15, 0.2) is 0 Å². The van der Waals surface area contributed by atoms with E-state index < -0.39 is 5.60 Å². The predicted molar refractivity (Wildman–Crippen MR) is 83.2 cm³/mol. The summed E-state index contributed by atoms with van der Waals surface area (Å²) in [5, 5.41) is 10.3. The first-order chi connectivity index (χ1) is 8.71. The Bertz CT molecular complexity index is 340. The van der Waals surface area contributed by atoms with Crippen molar-refractivity contribution in [2.24, 2.45) is 11.3 Å². The Morgan fingerprint density at radius 3 is 2.00 bits per heavy atom. The molecule has 0 radical (unpaired) electrons. The van der Waals surface area contributed by atoms with Gasteiger partial charge in [0.25, 0.3) is 0 Å².